The van der Waals surface area contributed by atoms with Crippen molar-refractivity contribution in [2.45, 2.75) is 24.3 Å². The number of hydrogen-bond acceptors (Lipinski definition) is 2. The standard InChI is InChI=1S/C14H17NS/c1-2-13(15)10-16-14-8-7-11-5-3-4-6-12(11)9-14/h3-9,13H,2,10,15H2,1H3. The van der Waals surface area contributed by atoms with Gasteiger partial charge in [0.1, 0.15) is 0 Å². The van der Waals surface area contributed by atoms with Gasteiger partial charge in [-0.2, -0.15) is 0 Å². The fraction of sp³-hybridized carbons (Fsp3) is 0.286. The van der Waals surface area contributed by atoms with Gasteiger partial charge < -0.3 is 5.73 Å². The van der Waals surface area contributed by atoms with Crippen molar-refractivity contribution in [1.82, 2.24) is 0 Å². The highest BCUT2D eigenvalue weighted by atomic mass is 32.2. The van der Waals surface area contributed by atoms with E-state index in [-0.39, 0.29) is 0 Å². The Kier molecular flexibility index (Phi) is 3.86. The van der Waals surface area contributed by atoms with Gasteiger partial charge in [0.25, 0.3) is 0 Å². The molecule has 2 aromatic rings. The van der Waals surface area contributed by atoms with E-state index in [1.165, 1.54) is 15.7 Å². The van der Waals surface area contributed by atoms with Crippen LogP contribution in [0.2, 0.25) is 0 Å². The predicted molar refractivity (Wildman–Crippen MR) is 72.9 cm³/mol. The Morgan fingerprint density at radius 2 is 1.88 bits per heavy atom. The molecule has 0 aliphatic rings. The van der Waals surface area contributed by atoms with Gasteiger partial charge in [0.15, 0.2) is 0 Å². The molecule has 0 heterocycles. The van der Waals surface area contributed by atoms with Gasteiger partial charge in [-0.1, -0.05) is 37.3 Å². The quantitative estimate of drug-likeness (QED) is 0.812. The van der Waals surface area contributed by atoms with Crippen LogP contribution in [0.5, 0.6) is 0 Å². The Bertz CT molecular complexity index is 467. The highest BCUT2D eigenvalue weighted by Gasteiger charge is 2.01. The third-order valence-corrected chi connectivity index (χ3v) is 3.89. The maximum atomic E-state index is 5.91. The lowest BCUT2D eigenvalue weighted by molar-refractivity contribution is 0.725. The van der Waals surface area contributed by atoms with E-state index in [1.54, 1.807) is 0 Å². The molecule has 0 saturated heterocycles. The summed E-state index contributed by atoms with van der Waals surface area (Å²) in [5.41, 5.74) is 5.91. The van der Waals surface area contributed by atoms with Crippen LogP contribution in [0.1, 0.15) is 13.3 Å². The van der Waals surface area contributed by atoms with Crippen molar-refractivity contribution in [2.24, 2.45) is 5.73 Å². The second-order valence-electron chi connectivity index (χ2n) is 3.99. The fourth-order valence-corrected chi connectivity index (χ4v) is 2.60. The monoisotopic (exact) mass is 231 g/mol. The van der Waals surface area contributed by atoms with Crippen LogP contribution in [0.15, 0.2) is 47.4 Å². The Hall–Kier alpha value is -0.990. The molecule has 0 aliphatic carbocycles. The molecular weight excluding hydrogens is 214 g/mol. The SMILES string of the molecule is CCC(N)CSc1ccc2ccccc2c1. The molecule has 0 amide bonds. The van der Waals surface area contributed by atoms with Crippen LogP contribution >= 0.6 is 11.8 Å². The molecule has 84 valence electrons. The summed E-state index contributed by atoms with van der Waals surface area (Å²) >= 11 is 1.84. The first-order valence-corrected chi connectivity index (χ1v) is 6.65. The molecule has 1 nitrogen and oxygen atoms in total. The van der Waals surface area contributed by atoms with Gasteiger partial charge in [0, 0.05) is 16.7 Å². The second kappa shape index (κ2) is 5.37. The molecule has 0 bridgehead atoms. The molecule has 2 heteroatoms. The van der Waals surface area contributed by atoms with E-state index >= 15 is 0 Å². The maximum absolute atomic E-state index is 5.91. The minimum atomic E-state index is 0.302. The lowest BCUT2D eigenvalue weighted by atomic mass is 10.1. The Balaban J connectivity index is 2.13. The zero-order valence-corrected chi connectivity index (χ0v) is 10.3. The van der Waals surface area contributed by atoms with E-state index in [1.807, 2.05) is 11.8 Å². The lowest BCUT2D eigenvalue weighted by Gasteiger charge is -2.08. The van der Waals surface area contributed by atoms with Crippen molar-refractivity contribution >= 4 is 22.5 Å². The summed E-state index contributed by atoms with van der Waals surface area (Å²) in [5, 5.41) is 2.60. The molecular formula is C14H17NS. The van der Waals surface area contributed by atoms with Crippen LogP contribution in [0, 0.1) is 0 Å². The molecule has 1 unspecified atom stereocenters. The number of thioether (sulfide) groups is 1. The third-order valence-electron chi connectivity index (χ3n) is 2.71. The number of rotatable bonds is 4. The summed E-state index contributed by atoms with van der Waals surface area (Å²) in [7, 11) is 0. The van der Waals surface area contributed by atoms with E-state index in [9.17, 15) is 0 Å². The molecule has 0 saturated carbocycles. The predicted octanol–water partition coefficient (Wildman–Crippen LogP) is 3.67. The van der Waals surface area contributed by atoms with Gasteiger partial charge in [-0.15, -0.1) is 11.8 Å². The molecule has 0 fully saturated rings. The number of hydrogen-bond donors (Lipinski definition) is 1. The van der Waals surface area contributed by atoms with Crippen molar-refractivity contribution < 1.29 is 0 Å². The normalized spacial score (nSPS) is 12.9. The van der Waals surface area contributed by atoms with Gasteiger partial charge in [0.05, 0.1) is 0 Å². The van der Waals surface area contributed by atoms with Gasteiger partial charge in [-0.05, 0) is 29.3 Å². The maximum Gasteiger partial charge on any atom is 0.0132 e. The average molecular weight is 231 g/mol. The smallest absolute Gasteiger partial charge is 0.0132 e. The van der Waals surface area contributed by atoms with Gasteiger partial charge in [0.2, 0.25) is 0 Å². The molecule has 2 N–H and O–H groups in total. The molecule has 0 spiro atoms. The van der Waals surface area contributed by atoms with Crippen LogP contribution in [0.3, 0.4) is 0 Å². The van der Waals surface area contributed by atoms with E-state index in [0.29, 0.717) is 6.04 Å². The summed E-state index contributed by atoms with van der Waals surface area (Å²) in [6.07, 6.45) is 1.04. The minimum absolute atomic E-state index is 0.302. The van der Waals surface area contributed by atoms with E-state index < -0.39 is 0 Å². The van der Waals surface area contributed by atoms with Crippen molar-refractivity contribution in [3.05, 3.63) is 42.5 Å². The Morgan fingerprint density at radius 1 is 1.12 bits per heavy atom. The first kappa shape index (κ1) is 11.5. The molecule has 2 rings (SSSR count). The van der Waals surface area contributed by atoms with Gasteiger partial charge >= 0.3 is 0 Å². The number of fused-ring (bicyclic) bond motifs is 1. The number of benzene rings is 2. The van der Waals surface area contributed by atoms with E-state index in [0.717, 1.165) is 12.2 Å². The first-order chi connectivity index (χ1) is 7.79. The second-order valence-corrected chi connectivity index (χ2v) is 5.08. The van der Waals surface area contributed by atoms with Gasteiger partial charge in [-0.25, -0.2) is 0 Å². The van der Waals surface area contributed by atoms with Gasteiger partial charge in [-0.3, -0.25) is 0 Å². The summed E-state index contributed by atoms with van der Waals surface area (Å²) in [4.78, 5) is 1.31. The van der Waals surface area contributed by atoms with Crippen LogP contribution in [0.25, 0.3) is 10.8 Å². The van der Waals surface area contributed by atoms with Crippen LogP contribution in [-0.2, 0) is 0 Å². The van der Waals surface area contributed by atoms with Crippen LogP contribution in [-0.4, -0.2) is 11.8 Å². The molecule has 0 aliphatic heterocycles. The zero-order chi connectivity index (χ0) is 11.4. The average Bonchev–Trinajstić information content (AvgIpc) is 2.35. The highest BCUT2D eigenvalue weighted by Crippen LogP contribution is 2.24. The fourth-order valence-electron chi connectivity index (χ4n) is 1.58. The minimum Gasteiger partial charge on any atom is -0.327 e. The molecule has 1 atom stereocenters. The van der Waals surface area contributed by atoms with Crippen LogP contribution in [0.4, 0.5) is 0 Å². The largest absolute Gasteiger partial charge is 0.327 e. The topological polar surface area (TPSA) is 26.0 Å². The zero-order valence-electron chi connectivity index (χ0n) is 9.52. The number of nitrogens with two attached hydrogens (primary N) is 1. The highest BCUT2D eigenvalue weighted by molar-refractivity contribution is 7.99. The van der Waals surface area contributed by atoms with Crippen molar-refractivity contribution in [1.29, 1.82) is 0 Å². The first-order valence-electron chi connectivity index (χ1n) is 5.67. The Labute approximate surface area is 101 Å². The van der Waals surface area contributed by atoms with Crippen molar-refractivity contribution in [3.63, 3.8) is 0 Å². The summed E-state index contributed by atoms with van der Waals surface area (Å²) in [5.74, 6) is 0.995. The molecule has 0 aromatic heterocycles. The summed E-state index contributed by atoms with van der Waals surface area (Å²) in [6.45, 7) is 2.13. The van der Waals surface area contributed by atoms with E-state index in [4.69, 9.17) is 5.73 Å². The van der Waals surface area contributed by atoms with Crippen molar-refractivity contribution in [3.8, 4) is 0 Å². The summed E-state index contributed by atoms with van der Waals surface area (Å²) in [6, 6.07) is 15.3. The van der Waals surface area contributed by atoms with Crippen LogP contribution < -0.4 is 5.73 Å². The summed E-state index contributed by atoms with van der Waals surface area (Å²) < 4.78 is 0. The molecule has 2 aromatic carbocycles. The lowest BCUT2D eigenvalue weighted by Crippen LogP contribution is -2.21. The third kappa shape index (κ3) is 2.77. The molecule has 16 heavy (non-hydrogen) atoms. The Morgan fingerprint density at radius 3 is 2.62 bits per heavy atom. The van der Waals surface area contributed by atoms with E-state index in [2.05, 4.69) is 49.4 Å². The molecule has 0 radical (unpaired) electrons. The van der Waals surface area contributed by atoms with Crippen molar-refractivity contribution in [2.75, 3.05) is 5.75 Å².